The van der Waals surface area contributed by atoms with E-state index >= 15 is 0 Å². The zero-order valence-corrected chi connectivity index (χ0v) is 19.6. The maximum absolute atomic E-state index is 5.03. The van der Waals surface area contributed by atoms with E-state index in [1.54, 1.807) is 0 Å². The minimum atomic E-state index is 0.807. The molecule has 6 aromatic rings. The molecule has 0 bridgehead atoms. The maximum Gasteiger partial charge on any atom is 0.138 e. The molecule has 0 aromatic carbocycles. The Bertz CT molecular complexity index is 1660. The first-order chi connectivity index (χ1) is 17.2. The summed E-state index contributed by atoms with van der Waals surface area (Å²) < 4.78 is 4.00. The van der Waals surface area contributed by atoms with E-state index in [0.717, 1.165) is 69.4 Å². The molecule has 1 N–H and O–H groups in total. The van der Waals surface area contributed by atoms with Gasteiger partial charge in [0, 0.05) is 42.0 Å². The summed E-state index contributed by atoms with van der Waals surface area (Å²) in [6, 6.07) is 18.0. The zero-order chi connectivity index (χ0) is 23.8. The van der Waals surface area contributed by atoms with Crippen LogP contribution < -0.4 is 5.32 Å². The third-order valence-corrected chi connectivity index (χ3v) is 6.00. The van der Waals surface area contributed by atoms with Gasteiger partial charge < -0.3 is 5.32 Å². The number of nitrogens with one attached hydrogen (secondary N) is 1. The summed E-state index contributed by atoms with van der Waals surface area (Å²) in [6.45, 7) is 3.66. The molecule has 6 heterocycles. The van der Waals surface area contributed by atoms with Gasteiger partial charge in [0.15, 0.2) is 0 Å². The van der Waals surface area contributed by atoms with Crippen LogP contribution in [0, 0.1) is 6.92 Å². The molecular formula is C27H24N8. The predicted octanol–water partition coefficient (Wildman–Crippen LogP) is 4.40. The Morgan fingerprint density at radius 3 is 2.69 bits per heavy atom. The second kappa shape index (κ2) is 8.73. The predicted molar refractivity (Wildman–Crippen MR) is 137 cm³/mol. The number of aryl methyl sites for hydroxylation is 1. The molecule has 0 spiro atoms. The van der Waals surface area contributed by atoms with Crippen LogP contribution in [0.1, 0.15) is 5.69 Å². The average Bonchev–Trinajstić information content (AvgIpc) is 3.52. The number of pyridine rings is 4. The van der Waals surface area contributed by atoms with Crippen molar-refractivity contribution in [2.45, 2.75) is 13.5 Å². The largest absolute Gasteiger partial charge is 0.318 e. The van der Waals surface area contributed by atoms with E-state index in [4.69, 9.17) is 15.0 Å². The van der Waals surface area contributed by atoms with E-state index in [9.17, 15) is 0 Å². The van der Waals surface area contributed by atoms with Crippen LogP contribution in [0.3, 0.4) is 0 Å². The maximum atomic E-state index is 5.03. The fourth-order valence-corrected chi connectivity index (χ4v) is 4.25. The zero-order valence-electron chi connectivity index (χ0n) is 19.6. The standard InChI is InChI=1S/C27H24N8/c1-18-6-5-7-22(31-18)26-27(35-12-4-3-8-25(35)33-26)23-10-9-21-24(32-23)14-19(15-29-21)20-16-30-34(17-20)13-11-28-2/h3-10,12,14-17,28H,11,13H2,1-2H3. The van der Waals surface area contributed by atoms with Gasteiger partial charge in [0.1, 0.15) is 17.0 Å². The minimum absolute atomic E-state index is 0.807. The highest BCUT2D eigenvalue weighted by molar-refractivity contribution is 5.85. The summed E-state index contributed by atoms with van der Waals surface area (Å²) in [5.74, 6) is 0. The summed E-state index contributed by atoms with van der Waals surface area (Å²) in [7, 11) is 1.94. The molecule has 0 amide bonds. The summed E-state index contributed by atoms with van der Waals surface area (Å²) in [5, 5.41) is 7.61. The van der Waals surface area contributed by atoms with Gasteiger partial charge in [0.2, 0.25) is 0 Å². The molecule has 0 saturated heterocycles. The van der Waals surface area contributed by atoms with E-state index < -0.39 is 0 Å². The Morgan fingerprint density at radius 1 is 0.857 bits per heavy atom. The van der Waals surface area contributed by atoms with Crippen molar-refractivity contribution >= 4 is 16.7 Å². The van der Waals surface area contributed by atoms with Crippen molar-refractivity contribution < 1.29 is 0 Å². The van der Waals surface area contributed by atoms with Gasteiger partial charge in [0.05, 0.1) is 35.2 Å². The molecule has 0 radical (unpaired) electrons. The van der Waals surface area contributed by atoms with Crippen molar-refractivity contribution in [2.24, 2.45) is 0 Å². The Balaban J connectivity index is 1.48. The van der Waals surface area contributed by atoms with Crippen LogP contribution in [0.5, 0.6) is 0 Å². The number of imidazole rings is 1. The number of fused-ring (bicyclic) bond motifs is 2. The third kappa shape index (κ3) is 3.94. The summed E-state index contributed by atoms with van der Waals surface area (Å²) in [6.07, 6.45) is 7.79. The molecule has 0 aliphatic rings. The molecule has 0 fully saturated rings. The van der Waals surface area contributed by atoms with E-state index in [-0.39, 0.29) is 0 Å². The van der Waals surface area contributed by atoms with Crippen molar-refractivity contribution in [3.8, 4) is 33.9 Å². The van der Waals surface area contributed by atoms with Crippen molar-refractivity contribution in [2.75, 3.05) is 13.6 Å². The number of rotatable bonds is 6. The lowest BCUT2D eigenvalue weighted by molar-refractivity contribution is 0.585. The van der Waals surface area contributed by atoms with Gasteiger partial charge in [-0.1, -0.05) is 12.1 Å². The van der Waals surface area contributed by atoms with E-state index in [2.05, 4.69) is 25.9 Å². The lowest BCUT2D eigenvalue weighted by Crippen LogP contribution is -2.14. The first kappa shape index (κ1) is 21.1. The van der Waals surface area contributed by atoms with Crippen molar-refractivity contribution in [3.05, 3.63) is 85.1 Å². The molecule has 6 aromatic heterocycles. The molecule has 35 heavy (non-hydrogen) atoms. The second-order valence-electron chi connectivity index (χ2n) is 8.46. The van der Waals surface area contributed by atoms with Gasteiger partial charge in [-0.25, -0.2) is 9.97 Å². The normalized spacial score (nSPS) is 11.5. The Labute approximate surface area is 202 Å². The number of hydrogen-bond donors (Lipinski definition) is 1. The average molecular weight is 461 g/mol. The molecule has 0 saturated carbocycles. The summed E-state index contributed by atoms with van der Waals surface area (Å²) in [4.78, 5) is 19.3. The molecule has 0 atom stereocenters. The van der Waals surface area contributed by atoms with Crippen LogP contribution >= 0.6 is 0 Å². The van der Waals surface area contributed by atoms with Gasteiger partial charge in [0.25, 0.3) is 0 Å². The summed E-state index contributed by atoms with van der Waals surface area (Å²) in [5.41, 5.74) is 8.81. The Hall–Kier alpha value is -4.43. The van der Waals surface area contributed by atoms with Crippen LogP contribution in [0.25, 0.3) is 50.6 Å². The summed E-state index contributed by atoms with van der Waals surface area (Å²) >= 11 is 0. The van der Waals surface area contributed by atoms with Crippen LogP contribution in [0.4, 0.5) is 0 Å². The number of aromatic nitrogens is 7. The first-order valence-corrected chi connectivity index (χ1v) is 11.6. The Kier molecular flexibility index (Phi) is 5.27. The lowest BCUT2D eigenvalue weighted by atomic mass is 10.1. The van der Waals surface area contributed by atoms with Gasteiger partial charge in [-0.3, -0.25) is 19.1 Å². The van der Waals surface area contributed by atoms with E-state index in [1.165, 1.54) is 0 Å². The van der Waals surface area contributed by atoms with Crippen LogP contribution in [0.15, 0.2) is 79.4 Å². The smallest absolute Gasteiger partial charge is 0.138 e. The number of hydrogen-bond acceptors (Lipinski definition) is 6. The first-order valence-electron chi connectivity index (χ1n) is 11.6. The minimum Gasteiger partial charge on any atom is -0.318 e. The molecule has 0 aliphatic heterocycles. The molecular weight excluding hydrogens is 436 g/mol. The second-order valence-corrected chi connectivity index (χ2v) is 8.46. The quantitative estimate of drug-likeness (QED) is 0.397. The molecule has 0 unspecified atom stereocenters. The van der Waals surface area contributed by atoms with Crippen molar-refractivity contribution in [1.82, 2.24) is 39.4 Å². The highest BCUT2D eigenvalue weighted by atomic mass is 15.3. The SMILES string of the molecule is CNCCn1cc(-c2cnc3ccc(-c4c(-c5cccc(C)n5)nc5ccccn45)nc3c2)cn1. The fourth-order valence-electron chi connectivity index (χ4n) is 4.25. The lowest BCUT2D eigenvalue weighted by Gasteiger charge is -2.07. The van der Waals surface area contributed by atoms with Crippen LogP contribution in [0.2, 0.25) is 0 Å². The molecule has 172 valence electrons. The van der Waals surface area contributed by atoms with Crippen LogP contribution in [-0.2, 0) is 6.54 Å². The topological polar surface area (TPSA) is 85.8 Å². The van der Waals surface area contributed by atoms with Crippen molar-refractivity contribution in [1.29, 1.82) is 0 Å². The highest BCUT2D eigenvalue weighted by Crippen LogP contribution is 2.32. The molecule has 6 rings (SSSR count). The fraction of sp³-hybridized carbons (Fsp3) is 0.148. The van der Waals surface area contributed by atoms with Crippen molar-refractivity contribution in [3.63, 3.8) is 0 Å². The molecule has 0 aliphatic carbocycles. The molecule has 8 nitrogen and oxygen atoms in total. The van der Waals surface area contributed by atoms with Crippen LogP contribution in [-0.4, -0.2) is 47.7 Å². The van der Waals surface area contributed by atoms with E-state index in [0.29, 0.717) is 0 Å². The highest BCUT2D eigenvalue weighted by Gasteiger charge is 2.18. The monoisotopic (exact) mass is 460 g/mol. The third-order valence-electron chi connectivity index (χ3n) is 6.00. The molecule has 8 heteroatoms. The van der Waals surface area contributed by atoms with Gasteiger partial charge in [-0.2, -0.15) is 5.10 Å². The Morgan fingerprint density at radius 2 is 1.80 bits per heavy atom. The van der Waals surface area contributed by atoms with Gasteiger partial charge in [-0.05, 0) is 56.4 Å². The van der Waals surface area contributed by atoms with E-state index in [1.807, 2.05) is 92.0 Å². The van der Waals surface area contributed by atoms with Gasteiger partial charge >= 0.3 is 0 Å². The number of nitrogens with zero attached hydrogens (tertiary/aromatic N) is 7. The number of likely N-dealkylation sites (N-methyl/N-ethyl adjacent to an activating group) is 1. The van der Waals surface area contributed by atoms with Gasteiger partial charge in [-0.15, -0.1) is 0 Å².